The summed E-state index contributed by atoms with van der Waals surface area (Å²) >= 11 is 3.51. The third-order valence-corrected chi connectivity index (χ3v) is 3.96. The Morgan fingerprint density at radius 2 is 1.95 bits per heavy atom. The zero-order chi connectivity index (χ0) is 13.8. The highest BCUT2D eigenvalue weighted by molar-refractivity contribution is 9.09. The van der Waals surface area contributed by atoms with Crippen LogP contribution in [0.15, 0.2) is 24.3 Å². The van der Waals surface area contributed by atoms with Crippen LogP contribution in [0.2, 0.25) is 0 Å². The molecule has 19 heavy (non-hydrogen) atoms. The van der Waals surface area contributed by atoms with Crippen molar-refractivity contribution in [3.8, 4) is 5.75 Å². The second-order valence-electron chi connectivity index (χ2n) is 4.34. The van der Waals surface area contributed by atoms with E-state index >= 15 is 0 Å². The Balaban J connectivity index is 2.14. The number of carbonyl (C=O) groups is 1. The molecule has 1 amide bonds. The fraction of sp³-hybridized carbons (Fsp3) is 0.462. The van der Waals surface area contributed by atoms with Crippen molar-refractivity contribution in [3.63, 3.8) is 0 Å². The van der Waals surface area contributed by atoms with Crippen LogP contribution in [0.25, 0.3) is 0 Å². The third-order valence-electron chi connectivity index (χ3n) is 3.05. The average Bonchev–Trinajstić information content (AvgIpc) is 2.39. The number of ether oxygens (including phenoxy) is 1. The van der Waals surface area contributed by atoms with E-state index in [0.29, 0.717) is 17.9 Å². The number of piperidine rings is 1. The molecule has 0 saturated carbocycles. The maximum atomic E-state index is 12.3. The van der Waals surface area contributed by atoms with Crippen LogP contribution in [0.5, 0.6) is 5.75 Å². The quantitative estimate of drug-likeness (QED) is 0.794. The molecule has 3 nitrogen and oxygen atoms in total. The SMILES string of the molecule is O=C(c1ccccc1OC(F)F)N1CCC(Br)CC1. The maximum Gasteiger partial charge on any atom is 0.387 e. The van der Waals surface area contributed by atoms with Crippen molar-refractivity contribution >= 4 is 21.8 Å². The van der Waals surface area contributed by atoms with Gasteiger partial charge in [-0.3, -0.25) is 4.79 Å². The van der Waals surface area contributed by atoms with Gasteiger partial charge in [-0.1, -0.05) is 28.1 Å². The Bertz CT molecular complexity index is 448. The van der Waals surface area contributed by atoms with E-state index in [2.05, 4.69) is 20.7 Å². The second kappa shape index (κ2) is 6.32. The lowest BCUT2D eigenvalue weighted by atomic mass is 10.1. The van der Waals surface area contributed by atoms with E-state index in [-0.39, 0.29) is 17.2 Å². The number of alkyl halides is 3. The first-order valence-corrected chi connectivity index (χ1v) is 6.96. The molecule has 0 unspecified atom stereocenters. The van der Waals surface area contributed by atoms with Gasteiger partial charge in [-0.2, -0.15) is 8.78 Å². The summed E-state index contributed by atoms with van der Waals surface area (Å²) in [5.41, 5.74) is 0.191. The Hall–Kier alpha value is -1.17. The first kappa shape index (κ1) is 14.2. The van der Waals surface area contributed by atoms with Crippen molar-refractivity contribution in [2.75, 3.05) is 13.1 Å². The summed E-state index contributed by atoms with van der Waals surface area (Å²) < 4.78 is 29.0. The molecule has 1 aliphatic rings. The molecule has 2 rings (SSSR count). The molecule has 1 aromatic carbocycles. The number of nitrogens with zero attached hydrogens (tertiary/aromatic N) is 1. The van der Waals surface area contributed by atoms with Gasteiger partial charge in [0.25, 0.3) is 5.91 Å². The van der Waals surface area contributed by atoms with Crippen LogP contribution in [0.3, 0.4) is 0 Å². The second-order valence-corrected chi connectivity index (χ2v) is 5.64. The molecule has 6 heteroatoms. The van der Waals surface area contributed by atoms with Gasteiger partial charge in [0.1, 0.15) is 5.75 Å². The van der Waals surface area contributed by atoms with Crippen LogP contribution in [-0.2, 0) is 0 Å². The molecular weight excluding hydrogens is 320 g/mol. The first-order valence-electron chi connectivity index (χ1n) is 6.05. The molecule has 1 fully saturated rings. The summed E-state index contributed by atoms with van der Waals surface area (Å²) in [7, 11) is 0. The predicted molar refractivity (Wildman–Crippen MR) is 70.9 cm³/mol. The molecule has 1 aliphatic heterocycles. The van der Waals surface area contributed by atoms with Crippen LogP contribution in [-0.4, -0.2) is 35.3 Å². The van der Waals surface area contributed by atoms with E-state index < -0.39 is 6.61 Å². The van der Waals surface area contributed by atoms with E-state index in [1.807, 2.05) is 0 Å². The van der Waals surface area contributed by atoms with Crippen LogP contribution >= 0.6 is 15.9 Å². The lowest BCUT2D eigenvalue weighted by Crippen LogP contribution is -2.38. The molecule has 0 atom stereocenters. The summed E-state index contributed by atoms with van der Waals surface area (Å²) in [4.78, 5) is 14.4. The van der Waals surface area contributed by atoms with Gasteiger partial charge in [-0.15, -0.1) is 0 Å². The monoisotopic (exact) mass is 333 g/mol. The molecule has 0 aliphatic carbocycles. The number of amides is 1. The fourth-order valence-corrected chi connectivity index (χ4v) is 2.47. The van der Waals surface area contributed by atoms with Crippen molar-refractivity contribution in [1.82, 2.24) is 4.90 Å². The van der Waals surface area contributed by atoms with Crippen LogP contribution in [0, 0.1) is 0 Å². The topological polar surface area (TPSA) is 29.5 Å². The summed E-state index contributed by atoms with van der Waals surface area (Å²) in [5.74, 6) is -0.320. The highest BCUT2D eigenvalue weighted by Gasteiger charge is 2.24. The van der Waals surface area contributed by atoms with Gasteiger partial charge < -0.3 is 9.64 Å². The molecule has 1 aromatic rings. The Morgan fingerprint density at radius 3 is 2.58 bits per heavy atom. The fourth-order valence-electron chi connectivity index (χ4n) is 2.06. The Kier molecular flexibility index (Phi) is 4.74. The Morgan fingerprint density at radius 1 is 1.32 bits per heavy atom. The lowest BCUT2D eigenvalue weighted by molar-refractivity contribution is -0.0502. The van der Waals surface area contributed by atoms with Gasteiger partial charge in [0.05, 0.1) is 5.56 Å². The van der Waals surface area contributed by atoms with Crippen molar-refractivity contribution in [2.24, 2.45) is 0 Å². The lowest BCUT2D eigenvalue weighted by Gasteiger charge is -2.30. The summed E-state index contributed by atoms with van der Waals surface area (Å²) in [6, 6.07) is 6.11. The van der Waals surface area contributed by atoms with E-state index in [0.717, 1.165) is 12.8 Å². The van der Waals surface area contributed by atoms with E-state index in [4.69, 9.17) is 0 Å². The third kappa shape index (κ3) is 3.65. The minimum atomic E-state index is -2.93. The van der Waals surface area contributed by atoms with Gasteiger partial charge in [0.2, 0.25) is 0 Å². The van der Waals surface area contributed by atoms with Crippen molar-refractivity contribution in [3.05, 3.63) is 29.8 Å². The zero-order valence-corrected chi connectivity index (χ0v) is 11.8. The summed E-state index contributed by atoms with van der Waals surface area (Å²) in [6.07, 6.45) is 1.73. The molecular formula is C13H14BrF2NO2. The van der Waals surface area contributed by atoms with Gasteiger partial charge in [-0.05, 0) is 25.0 Å². The van der Waals surface area contributed by atoms with Gasteiger partial charge in [-0.25, -0.2) is 0 Å². The molecule has 0 N–H and O–H groups in total. The molecule has 104 valence electrons. The van der Waals surface area contributed by atoms with Crippen LogP contribution < -0.4 is 4.74 Å². The number of likely N-dealkylation sites (tertiary alicyclic amines) is 1. The Labute approximate surface area is 118 Å². The number of halogens is 3. The van der Waals surface area contributed by atoms with Gasteiger partial charge in [0, 0.05) is 17.9 Å². The van der Waals surface area contributed by atoms with Crippen molar-refractivity contribution in [1.29, 1.82) is 0 Å². The standard InChI is InChI=1S/C13H14BrF2NO2/c14-9-5-7-17(8-6-9)12(18)10-3-1-2-4-11(10)19-13(15)16/h1-4,9,13H,5-8H2. The van der Waals surface area contributed by atoms with Crippen molar-refractivity contribution in [2.45, 2.75) is 24.3 Å². The van der Waals surface area contributed by atoms with E-state index in [9.17, 15) is 13.6 Å². The number of hydrogen-bond acceptors (Lipinski definition) is 2. The predicted octanol–water partition coefficient (Wildman–Crippen LogP) is 3.29. The molecule has 0 aromatic heterocycles. The van der Waals surface area contributed by atoms with Crippen LogP contribution in [0.4, 0.5) is 8.78 Å². The van der Waals surface area contributed by atoms with E-state index in [1.165, 1.54) is 12.1 Å². The van der Waals surface area contributed by atoms with Crippen LogP contribution in [0.1, 0.15) is 23.2 Å². The summed E-state index contributed by atoms with van der Waals surface area (Å²) in [5, 5.41) is 0. The molecule has 1 saturated heterocycles. The van der Waals surface area contributed by atoms with Gasteiger partial charge >= 0.3 is 6.61 Å². The molecule has 0 bridgehead atoms. The first-order chi connectivity index (χ1) is 9.08. The zero-order valence-electron chi connectivity index (χ0n) is 10.2. The minimum absolute atomic E-state index is 0.0662. The highest BCUT2D eigenvalue weighted by atomic mass is 79.9. The number of hydrogen-bond donors (Lipinski definition) is 0. The van der Waals surface area contributed by atoms with E-state index in [1.54, 1.807) is 17.0 Å². The normalized spacial score (nSPS) is 16.7. The molecule has 0 radical (unpaired) electrons. The largest absolute Gasteiger partial charge is 0.434 e. The smallest absolute Gasteiger partial charge is 0.387 e. The number of para-hydroxylation sites is 1. The molecule has 1 heterocycles. The minimum Gasteiger partial charge on any atom is -0.434 e. The number of carbonyl (C=O) groups excluding carboxylic acids is 1. The highest BCUT2D eigenvalue weighted by Crippen LogP contribution is 2.24. The van der Waals surface area contributed by atoms with Gasteiger partial charge in [0.15, 0.2) is 0 Å². The maximum absolute atomic E-state index is 12.3. The number of rotatable bonds is 3. The van der Waals surface area contributed by atoms with Crippen molar-refractivity contribution < 1.29 is 18.3 Å². The number of benzene rings is 1. The molecule has 0 spiro atoms. The average molecular weight is 334 g/mol. The summed E-state index contributed by atoms with van der Waals surface area (Å²) in [6.45, 7) is -1.68.